The topological polar surface area (TPSA) is 26.7 Å². The molecule has 3 nitrogen and oxygen atoms in total. The van der Waals surface area contributed by atoms with E-state index in [4.69, 9.17) is 0 Å². The highest BCUT2D eigenvalue weighted by atomic mass is 16.3. The number of aryl methyl sites for hydroxylation is 2. The minimum absolute atomic E-state index is 0.438. The molecular formula is C17H28N2O. The number of hydrogen-bond acceptors (Lipinski definition) is 3. The maximum absolute atomic E-state index is 9.85. The molecule has 0 unspecified atom stereocenters. The van der Waals surface area contributed by atoms with Gasteiger partial charge in [0, 0.05) is 12.6 Å². The molecule has 1 aliphatic heterocycles. The summed E-state index contributed by atoms with van der Waals surface area (Å²) in [5, 5.41) is 9.85. The maximum Gasteiger partial charge on any atom is 0.121 e. The third-order valence-electron chi connectivity index (χ3n) is 4.61. The first-order valence-electron chi connectivity index (χ1n) is 7.73. The molecule has 1 heterocycles. The molecule has 0 aromatic heterocycles. The quantitative estimate of drug-likeness (QED) is 0.916. The van der Waals surface area contributed by atoms with Gasteiger partial charge in [-0.25, -0.2) is 0 Å². The highest BCUT2D eigenvalue weighted by Crippen LogP contribution is 2.24. The summed E-state index contributed by atoms with van der Waals surface area (Å²) in [6, 6.07) is 4.91. The van der Waals surface area contributed by atoms with E-state index < -0.39 is 0 Å². The molecule has 3 heteroatoms. The average Bonchev–Trinajstić information content (AvgIpc) is 2.44. The number of hydrogen-bond donors (Lipinski definition) is 1. The fraction of sp³-hybridized carbons (Fsp3) is 0.647. The Hall–Kier alpha value is -1.06. The van der Waals surface area contributed by atoms with Crippen molar-refractivity contribution in [1.82, 2.24) is 9.80 Å². The lowest BCUT2D eigenvalue weighted by atomic mass is 10.0. The number of phenolic OH excluding ortho intramolecular Hbond substituents is 1. The van der Waals surface area contributed by atoms with Crippen molar-refractivity contribution in [2.75, 3.05) is 26.7 Å². The number of aromatic hydroxyl groups is 1. The van der Waals surface area contributed by atoms with E-state index in [2.05, 4.69) is 35.9 Å². The van der Waals surface area contributed by atoms with Gasteiger partial charge in [-0.3, -0.25) is 4.90 Å². The van der Waals surface area contributed by atoms with E-state index in [0.29, 0.717) is 11.8 Å². The Morgan fingerprint density at radius 1 is 1.20 bits per heavy atom. The predicted molar refractivity (Wildman–Crippen MR) is 84.2 cm³/mol. The van der Waals surface area contributed by atoms with Gasteiger partial charge < -0.3 is 10.0 Å². The van der Waals surface area contributed by atoms with Crippen LogP contribution in [-0.4, -0.2) is 47.6 Å². The zero-order valence-corrected chi connectivity index (χ0v) is 13.3. The molecule has 1 fully saturated rings. The Morgan fingerprint density at radius 2 is 1.75 bits per heavy atom. The van der Waals surface area contributed by atoms with Crippen LogP contribution >= 0.6 is 0 Å². The summed E-state index contributed by atoms with van der Waals surface area (Å²) < 4.78 is 0. The van der Waals surface area contributed by atoms with Gasteiger partial charge in [-0.2, -0.15) is 0 Å². The van der Waals surface area contributed by atoms with Crippen LogP contribution < -0.4 is 0 Å². The van der Waals surface area contributed by atoms with Gasteiger partial charge in [-0.15, -0.1) is 0 Å². The number of benzene rings is 1. The lowest BCUT2D eigenvalue weighted by Crippen LogP contribution is -2.42. The normalized spacial score (nSPS) is 17.9. The average molecular weight is 276 g/mol. The monoisotopic (exact) mass is 276 g/mol. The molecule has 2 rings (SSSR count). The van der Waals surface area contributed by atoms with E-state index in [9.17, 15) is 5.11 Å². The molecule has 0 saturated carbocycles. The maximum atomic E-state index is 9.85. The number of nitrogens with zero attached hydrogens (tertiary/aromatic N) is 2. The molecule has 20 heavy (non-hydrogen) atoms. The first-order chi connectivity index (χ1) is 9.51. The van der Waals surface area contributed by atoms with Crippen LogP contribution in [-0.2, 0) is 6.54 Å². The molecule has 1 N–H and O–H groups in total. The molecule has 1 aliphatic rings. The highest BCUT2D eigenvalue weighted by Gasteiger charge is 2.21. The van der Waals surface area contributed by atoms with Gasteiger partial charge in [-0.05, 0) is 70.1 Å². The molecule has 1 saturated heterocycles. The Balaban J connectivity index is 1.96. The molecular weight excluding hydrogens is 248 g/mol. The van der Waals surface area contributed by atoms with Crippen molar-refractivity contribution in [3.8, 4) is 5.75 Å². The predicted octanol–water partition coefficient (Wildman–Crippen LogP) is 2.93. The molecule has 0 atom stereocenters. The van der Waals surface area contributed by atoms with E-state index >= 15 is 0 Å². The molecule has 0 aliphatic carbocycles. The molecule has 0 spiro atoms. The summed E-state index contributed by atoms with van der Waals surface area (Å²) in [6.45, 7) is 10.8. The van der Waals surface area contributed by atoms with Crippen LogP contribution in [0.1, 0.15) is 36.5 Å². The molecule has 0 radical (unpaired) electrons. The van der Waals surface area contributed by atoms with Crippen molar-refractivity contribution >= 4 is 0 Å². The SMILES string of the molecule is CCN1CCC(N(C)Cc2cc(C)c(O)c(C)c2)CC1. The highest BCUT2D eigenvalue weighted by molar-refractivity contribution is 5.42. The first kappa shape index (κ1) is 15.3. The van der Waals surface area contributed by atoms with Crippen LogP contribution in [0.4, 0.5) is 0 Å². The zero-order chi connectivity index (χ0) is 14.7. The molecule has 1 aromatic rings. The minimum atomic E-state index is 0.438. The van der Waals surface area contributed by atoms with Crippen molar-refractivity contribution < 1.29 is 5.11 Å². The number of piperidine rings is 1. The van der Waals surface area contributed by atoms with Gasteiger partial charge in [0.05, 0.1) is 0 Å². The molecule has 0 amide bonds. The summed E-state index contributed by atoms with van der Waals surface area (Å²) in [5.41, 5.74) is 3.27. The lowest BCUT2D eigenvalue weighted by molar-refractivity contribution is 0.127. The molecule has 0 bridgehead atoms. The Morgan fingerprint density at radius 3 is 2.25 bits per heavy atom. The van der Waals surface area contributed by atoms with Crippen LogP contribution in [0.5, 0.6) is 5.75 Å². The van der Waals surface area contributed by atoms with Gasteiger partial charge in [0.2, 0.25) is 0 Å². The van der Waals surface area contributed by atoms with E-state index in [-0.39, 0.29) is 0 Å². The largest absolute Gasteiger partial charge is 0.507 e. The summed E-state index contributed by atoms with van der Waals surface area (Å²) in [6.07, 6.45) is 2.53. The second-order valence-corrected chi connectivity index (χ2v) is 6.16. The van der Waals surface area contributed by atoms with Gasteiger partial charge in [0.1, 0.15) is 5.75 Å². The number of rotatable bonds is 4. The van der Waals surface area contributed by atoms with Gasteiger partial charge in [0.15, 0.2) is 0 Å². The zero-order valence-electron chi connectivity index (χ0n) is 13.3. The summed E-state index contributed by atoms with van der Waals surface area (Å²) in [5.74, 6) is 0.438. The summed E-state index contributed by atoms with van der Waals surface area (Å²) in [4.78, 5) is 5.00. The van der Waals surface area contributed by atoms with Crippen molar-refractivity contribution in [2.24, 2.45) is 0 Å². The van der Waals surface area contributed by atoms with Crippen LogP contribution in [0.2, 0.25) is 0 Å². The Bertz CT molecular complexity index is 427. The number of likely N-dealkylation sites (tertiary alicyclic amines) is 1. The smallest absolute Gasteiger partial charge is 0.121 e. The van der Waals surface area contributed by atoms with Crippen LogP contribution in [0.25, 0.3) is 0 Å². The standard InChI is InChI=1S/C17H28N2O/c1-5-19-8-6-16(7-9-19)18(4)12-15-10-13(2)17(20)14(3)11-15/h10-11,16,20H,5-9,12H2,1-4H3. The second kappa shape index (κ2) is 6.59. The van der Waals surface area contributed by atoms with Crippen molar-refractivity contribution in [3.05, 3.63) is 28.8 Å². The molecule has 112 valence electrons. The van der Waals surface area contributed by atoms with E-state index in [1.807, 2.05) is 13.8 Å². The fourth-order valence-corrected chi connectivity index (χ4v) is 3.23. The Kier molecular flexibility index (Phi) is 5.06. The third-order valence-corrected chi connectivity index (χ3v) is 4.61. The van der Waals surface area contributed by atoms with Crippen LogP contribution in [0.15, 0.2) is 12.1 Å². The van der Waals surface area contributed by atoms with Gasteiger partial charge in [-0.1, -0.05) is 19.1 Å². The van der Waals surface area contributed by atoms with Crippen LogP contribution in [0, 0.1) is 13.8 Å². The van der Waals surface area contributed by atoms with E-state index in [1.165, 1.54) is 38.0 Å². The summed E-state index contributed by atoms with van der Waals surface area (Å²) >= 11 is 0. The van der Waals surface area contributed by atoms with Crippen molar-refractivity contribution in [3.63, 3.8) is 0 Å². The van der Waals surface area contributed by atoms with E-state index in [0.717, 1.165) is 17.7 Å². The lowest BCUT2D eigenvalue weighted by Gasteiger charge is -2.36. The first-order valence-corrected chi connectivity index (χ1v) is 7.73. The van der Waals surface area contributed by atoms with Crippen molar-refractivity contribution in [2.45, 2.75) is 46.2 Å². The van der Waals surface area contributed by atoms with Gasteiger partial charge in [0.25, 0.3) is 0 Å². The fourth-order valence-electron chi connectivity index (χ4n) is 3.23. The van der Waals surface area contributed by atoms with Crippen molar-refractivity contribution in [1.29, 1.82) is 0 Å². The van der Waals surface area contributed by atoms with E-state index in [1.54, 1.807) is 0 Å². The second-order valence-electron chi connectivity index (χ2n) is 6.16. The third kappa shape index (κ3) is 3.53. The Labute approximate surface area is 123 Å². The van der Waals surface area contributed by atoms with Crippen LogP contribution in [0.3, 0.4) is 0 Å². The molecule has 1 aromatic carbocycles. The minimum Gasteiger partial charge on any atom is -0.507 e. The number of phenols is 1. The van der Waals surface area contributed by atoms with Gasteiger partial charge >= 0.3 is 0 Å². The summed E-state index contributed by atoms with van der Waals surface area (Å²) in [7, 11) is 2.23.